The molecule has 136 valence electrons. The summed E-state index contributed by atoms with van der Waals surface area (Å²) in [4.78, 5) is 15.2. The highest BCUT2D eigenvalue weighted by molar-refractivity contribution is 5.78. The molecule has 1 N–H and O–H groups in total. The lowest BCUT2D eigenvalue weighted by atomic mass is 10.1. The Morgan fingerprint density at radius 1 is 1.00 bits per heavy atom. The Labute approximate surface area is 152 Å². The average Bonchev–Trinajstić information content (AvgIpc) is 3.57. The van der Waals surface area contributed by atoms with Gasteiger partial charge in [-0.1, -0.05) is 43.2 Å². The molecule has 1 aromatic rings. The van der Waals surface area contributed by atoms with E-state index < -0.39 is 0 Å². The van der Waals surface area contributed by atoms with Crippen molar-refractivity contribution in [3.63, 3.8) is 0 Å². The van der Waals surface area contributed by atoms with Gasteiger partial charge in [0, 0.05) is 18.6 Å². The number of benzene rings is 1. The van der Waals surface area contributed by atoms with Gasteiger partial charge in [-0.2, -0.15) is 0 Å². The first-order valence-corrected chi connectivity index (χ1v) is 10.4. The molecule has 0 atom stereocenters. The molecule has 3 aliphatic rings. The van der Waals surface area contributed by atoms with Crippen molar-refractivity contribution in [2.75, 3.05) is 13.1 Å². The fourth-order valence-electron chi connectivity index (χ4n) is 4.52. The zero-order valence-electron chi connectivity index (χ0n) is 15.3. The molecule has 3 saturated carbocycles. The molecule has 0 aromatic heterocycles. The maximum absolute atomic E-state index is 12.7. The van der Waals surface area contributed by atoms with Crippen LogP contribution in [0.5, 0.6) is 0 Å². The quantitative estimate of drug-likeness (QED) is 0.742. The molecular formula is C22H32N2O. The number of carbonyl (C=O) groups excluding carboxylic acids is 1. The number of rotatable bonds is 9. The Morgan fingerprint density at radius 3 is 2.24 bits per heavy atom. The van der Waals surface area contributed by atoms with Crippen LogP contribution in [0.1, 0.15) is 56.9 Å². The minimum Gasteiger partial charge on any atom is -0.352 e. The van der Waals surface area contributed by atoms with E-state index >= 15 is 0 Å². The lowest BCUT2D eigenvalue weighted by molar-refractivity contribution is -0.123. The van der Waals surface area contributed by atoms with E-state index in [0.29, 0.717) is 18.6 Å². The van der Waals surface area contributed by atoms with Gasteiger partial charge in [0.05, 0.1) is 6.54 Å². The Morgan fingerprint density at radius 2 is 1.64 bits per heavy atom. The largest absolute Gasteiger partial charge is 0.352 e. The molecule has 0 radical (unpaired) electrons. The summed E-state index contributed by atoms with van der Waals surface area (Å²) in [6, 6.07) is 11.8. The van der Waals surface area contributed by atoms with Gasteiger partial charge in [-0.3, -0.25) is 9.69 Å². The second-order valence-corrected chi connectivity index (χ2v) is 8.41. The summed E-state index contributed by atoms with van der Waals surface area (Å²) in [6.45, 7) is 1.59. The zero-order chi connectivity index (χ0) is 17.1. The SMILES string of the molecule is O=C(CN(CCc1ccccc1)C1CCCC1)NC(C1CC1)C1CC1. The van der Waals surface area contributed by atoms with E-state index in [2.05, 4.69) is 40.5 Å². The van der Waals surface area contributed by atoms with Crippen LogP contribution >= 0.6 is 0 Å². The van der Waals surface area contributed by atoms with Crippen molar-refractivity contribution in [1.29, 1.82) is 0 Å². The second kappa shape index (κ2) is 7.90. The van der Waals surface area contributed by atoms with E-state index in [1.54, 1.807) is 0 Å². The number of hydrogen-bond acceptors (Lipinski definition) is 2. The Balaban J connectivity index is 1.33. The van der Waals surface area contributed by atoms with Crippen LogP contribution < -0.4 is 5.32 Å². The molecule has 0 heterocycles. The standard InChI is InChI=1S/C22H32N2O/c25-21(23-22(18-10-11-18)19-12-13-19)16-24(20-8-4-5-9-20)15-14-17-6-2-1-3-7-17/h1-3,6-7,18-20,22H,4-5,8-16H2,(H,23,25). The molecule has 3 heteroatoms. The summed E-state index contributed by atoms with van der Waals surface area (Å²) in [5.41, 5.74) is 1.37. The van der Waals surface area contributed by atoms with E-state index in [9.17, 15) is 4.79 Å². The van der Waals surface area contributed by atoms with Gasteiger partial charge in [-0.15, -0.1) is 0 Å². The first-order valence-electron chi connectivity index (χ1n) is 10.4. The predicted molar refractivity (Wildman–Crippen MR) is 101 cm³/mol. The van der Waals surface area contributed by atoms with E-state index in [0.717, 1.165) is 24.8 Å². The van der Waals surface area contributed by atoms with Crippen LogP contribution in [-0.4, -0.2) is 36.0 Å². The molecule has 0 bridgehead atoms. The number of nitrogens with zero attached hydrogens (tertiary/aromatic N) is 1. The van der Waals surface area contributed by atoms with Gasteiger partial charge < -0.3 is 5.32 Å². The smallest absolute Gasteiger partial charge is 0.234 e. The Hall–Kier alpha value is -1.35. The average molecular weight is 341 g/mol. The molecule has 0 aliphatic heterocycles. The monoisotopic (exact) mass is 340 g/mol. The molecule has 3 nitrogen and oxygen atoms in total. The third kappa shape index (κ3) is 4.84. The molecule has 0 spiro atoms. The van der Waals surface area contributed by atoms with Gasteiger partial charge in [0.1, 0.15) is 0 Å². The first-order chi connectivity index (χ1) is 12.3. The van der Waals surface area contributed by atoms with Gasteiger partial charge in [0.2, 0.25) is 5.91 Å². The molecule has 3 aliphatic carbocycles. The van der Waals surface area contributed by atoms with Crippen molar-refractivity contribution in [1.82, 2.24) is 10.2 Å². The van der Waals surface area contributed by atoms with Crippen molar-refractivity contribution in [2.24, 2.45) is 11.8 Å². The summed E-state index contributed by atoms with van der Waals surface area (Å²) in [5, 5.41) is 3.41. The number of carbonyl (C=O) groups is 1. The normalized spacial score (nSPS) is 21.2. The van der Waals surface area contributed by atoms with Crippen LogP contribution in [0.2, 0.25) is 0 Å². The van der Waals surface area contributed by atoms with Crippen LogP contribution in [0, 0.1) is 11.8 Å². The Kier molecular flexibility index (Phi) is 5.40. The van der Waals surface area contributed by atoms with E-state index in [-0.39, 0.29) is 5.91 Å². The van der Waals surface area contributed by atoms with Crippen LogP contribution in [0.25, 0.3) is 0 Å². The topological polar surface area (TPSA) is 32.3 Å². The summed E-state index contributed by atoms with van der Waals surface area (Å²) in [5.74, 6) is 1.82. The highest BCUT2D eigenvalue weighted by atomic mass is 16.2. The number of hydrogen-bond donors (Lipinski definition) is 1. The van der Waals surface area contributed by atoms with E-state index in [1.807, 2.05) is 0 Å². The van der Waals surface area contributed by atoms with Crippen LogP contribution in [0.15, 0.2) is 30.3 Å². The third-order valence-corrected chi connectivity index (χ3v) is 6.31. The van der Waals surface area contributed by atoms with Crippen LogP contribution in [-0.2, 0) is 11.2 Å². The summed E-state index contributed by atoms with van der Waals surface area (Å²) >= 11 is 0. The van der Waals surface area contributed by atoms with Gasteiger partial charge in [0.25, 0.3) is 0 Å². The van der Waals surface area contributed by atoms with Crippen molar-refractivity contribution < 1.29 is 4.79 Å². The van der Waals surface area contributed by atoms with Crippen molar-refractivity contribution in [2.45, 2.75) is 69.9 Å². The summed E-state index contributed by atoms with van der Waals surface area (Å²) < 4.78 is 0. The minimum absolute atomic E-state index is 0.267. The molecule has 1 amide bonds. The first kappa shape index (κ1) is 17.1. The zero-order valence-corrected chi connectivity index (χ0v) is 15.3. The van der Waals surface area contributed by atoms with Crippen molar-refractivity contribution >= 4 is 5.91 Å². The second-order valence-electron chi connectivity index (χ2n) is 8.41. The van der Waals surface area contributed by atoms with Gasteiger partial charge in [0.15, 0.2) is 0 Å². The molecule has 1 aromatic carbocycles. The number of amides is 1. The number of nitrogens with one attached hydrogen (secondary N) is 1. The highest BCUT2D eigenvalue weighted by Crippen LogP contribution is 2.44. The highest BCUT2D eigenvalue weighted by Gasteiger charge is 2.42. The molecule has 0 unspecified atom stereocenters. The summed E-state index contributed by atoms with van der Waals surface area (Å²) in [7, 11) is 0. The molecular weight excluding hydrogens is 308 g/mol. The van der Waals surface area contributed by atoms with Crippen LogP contribution in [0.4, 0.5) is 0 Å². The molecule has 25 heavy (non-hydrogen) atoms. The van der Waals surface area contributed by atoms with E-state index in [4.69, 9.17) is 0 Å². The fraction of sp³-hybridized carbons (Fsp3) is 0.682. The fourth-order valence-corrected chi connectivity index (χ4v) is 4.52. The lowest BCUT2D eigenvalue weighted by Crippen LogP contribution is -2.47. The van der Waals surface area contributed by atoms with Gasteiger partial charge >= 0.3 is 0 Å². The van der Waals surface area contributed by atoms with Gasteiger partial charge in [-0.25, -0.2) is 0 Å². The van der Waals surface area contributed by atoms with Crippen molar-refractivity contribution in [3.05, 3.63) is 35.9 Å². The van der Waals surface area contributed by atoms with Crippen LogP contribution in [0.3, 0.4) is 0 Å². The Bertz CT molecular complexity index is 547. The van der Waals surface area contributed by atoms with E-state index in [1.165, 1.54) is 56.9 Å². The minimum atomic E-state index is 0.267. The molecule has 4 rings (SSSR count). The summed E-state index contributed by atoms with van der Waals surface area (Å²) in [6.07, 6.45) is 11.5. The lowest BCUT2D eigenvalue weighted by Gasteiger charge is -2.29. The van der Waals surface area contributed by atoms with Crippen molar-refractivity contribution in [3.8, 4) is 0 Å². The third-order valence-electron chi connectivity index (χ3n) is 6.31. The molecule has 3 fully saturated rings. The predicted octanol–water partition coefficient (Wildman–Crippen LogP) is 3.78. The maximum atomic E-state index is 12.7. The maximum Gasteiger partial charge on any atom is 0.234 e. The molecule has 0 saturated heterocycles. The van der Waals surface area contributed by atoms with Gasteiger partial charge in [-0.05, 0) is 62.3 Å².